The smallest absolute Gasteiger partial charge is 0.293 e. The zero-order chi connectivity index (χ0) is 16.0. The van der Waals surface area contributed by atoms with Crippen LogP contribution in [0.4, 0.5) is 0 Å². The Labute approximate surface area is 136 Å². The molecule has 2 nitrogen and oxygen atoms in total. The third kappa shape index (κ3) is 2.88. The predicted molar refractivity (Wildman–Crippen MR) is 91.2 cm³/mol. The lowest BCUT2D eigenvalue weighted by Crippen LogP contribution is -2.34. The number of hydrogen-bond acceptors (Lipinski definition) is 2. The highest BCUT2D eigenvalue weighted by Crippen LogP contribution is 2.39. The van der Waals surface area contributed by atoms with Crippen LogP contribution in [0.2, 0.25) is 0 Å². The van der Waals surface area contributed by atoms with Gasteiger partial charge in [0.15, 0.2) is 0 Å². The maximum atomic E-state index is 10.9. The van der Waals surface area contributed by atoms with E-state index in [9.17, 15) is 4.79 Å². The van der Waals surface area contributed by atoms with E-state index in [2.05, 4.69) is 36.4 Å². The first-order valence-electron chi connectivity index (χ1n) is 7.60. The van der Waals surface area contributed by atoms with Gasteiger partial charge in [-0.05, 0) is 16.7 Å². The quantitative estimate of drug-likeness (QED) is 0.504. The Morgan fingerprint density at radius 3 is 1.30 bits per heavy atom. The van der Waals surface area contributed by atoms with Crippen LogP contribution in [0, 0.1) is 0 Å². The van der Waals surface area contributed by atoms with E-state index >= 15 is 0 Å². The minimum Gasteiger partial charge on any atom is -0.466 e. The van der Waals surface area contributed by atoms with Crippen molar-refractivity contribution in [2.24, 2.45) is 0 Å². The van der Waals surface area contributed by atoms with Crippen LogP contribution in [0.1, 0.15) is 16.7 Å². The molecule has 23 heavy (non-hydrogen) atoms. The summed E-state index contributed by atoms with van der Waals surface area (Å²) in [4.78, 5) is 10.9. The fraction of sp³-hybridized carbons (Fsp3) is 0.0952. The van der Waals surface area contributed by atoms with Crippen molar-refractivity contribution in [1.82, 2.24) is 0 Å². The van der Waals surface area contributed by atoms with Crippen molar-refractivity contribution in [3.8, 4) is 0 Å². The summed E-state index contributed by atoms with van der Waals surface area (Å²) in [5.41, 5.74) is 2.77. The Balaban J connectivity index is 2.27. The summed E-state index contributed by atoms with van der Waals surface area (Å²) in [7, 11) is 0. The van der Waals surface area contributed by atoms with Gasteiger partial charge in [-0.15, -0.1) is 0 Å². The molecule has 0 heterocycles. The molecule has 0 bridgehead atoms. The van der Waals surface area contributed by atoms with Gasteiger partial charge < -0.3 is 4.74 Å². The van der Waals surface area contributed by atoms with E-state index in [-0.39, 0.29) is 6.61 Å². The van der Waals surface area contributed by atoms with Crippen LogP contribution < -0.4 is 0 Å². The fourth-order valence-electron chi connectivity index (χ4n) is 3.08. The van der Waals surface area contributed by atoms with Gasteiger partial charge in [-0.3, -0.25) is 4.79 Å². The van der Waals surface area contributed by atoms with Crippen LogP contribution in [0.25, 0.3) is 0 Å². The van der Waals surface area contributed by atoms with Crippen LogP contribution in [0.15, 0.2) is 91.0 Å². The molecular weight excluding hydrogens is 284 g/mol. The third-order valence-corrected chi connectivity index (χ3v) is 4.17. The SMILES string of the molecule is O=COCC(c1ccccc1)(c1ccccc1)c1ccccc1. The molecular formula is C21H18O2. The van der Waals surface area contributed by atoms with E-state index in [1.54, 1.807) is 0 Å². The number of benzene rings is 3. The molecule has 3 aromatic carbocycles. The van der Waals surface area contributed by atoms with Gasteiger partial charge in [-0.25, -0.2) is 0 Å². The standard InChI is InChI=1S/C21H18O2/c22-17-23-16-21(18-10-4-1-5-11-18,19-12-6-2-7-13-19)20-14-8-3-9-15-20/h1-15,17H,16H2. The first-order valence-corrected chi connectivity index (χ1v) is 7.60. The van der Waals surface area contributed by atoms with Crippen LogP contribution >= 0.6 is 0 Å². The second-order valence-electron chi connectivity index (χ2n) is 5.41. The molecule has 0 aliphatic carbocycles. The molecule has 114 valence electrons. The molecule has 0 radical (unpaired) electrons. The predicted octanol–water partition coefficient (Wildman–Crippen LogP) is 4.19. The molecule has 0 N–H and O–H groups in total. The van der Waals surface area contributed by atoms with E-state index in [1.165, 1.54) is 0 Å². The van der Waals surface area contributed by atoms with Crippen molar-refractivity contribution in [2.45, 2.75) is 5.41 Å². The summed E-state index contributed by atoms with van der Waals surface area (Å²) in [5, 5.41) is 0. The molecule has 0 aliphatic rings. The lowest BCUT2D eigenvalue weighted by molar-refractivity contribution is -0.129. The maximum absolute atomic E-state index is 10.9. The number of rotatable bonds is 6. The van der Waals surface area contributed by atoms with Crippen molar-refractivity contribution >= 4 is 6.47 Å². The first-order chi connectivity index (χ1) is 11.4. The van der Waals surface area contributed by atoms with E-state index in [4.69, 9.17) is 4.74 Å². The van der Waals surface area contributed by atoms with Crippen LogP contribution in [0.5, 0.6) is 0 Å². The molecule has 0 saturated carbocycles. The lowest BCUT2D eigenvalue weighted by atomic mass is 9.70. The molecule has 0 atom stereocenters. The van der Waals surface area contributed by atoms with Crippen LogP contribution in [0.3, 0.4) is 0 Å². The summed E-state index contributed by atoms with van der Waals surface area (Å²) in [6.45, 7) is 0.776. The summed E-state index contributed by atoms with van der Waals surface area (Å²) < 4.78 is 5.28. The van der Waals surface area contributed by atoms with Gasteiger partial charge in [-0.1, -0.05) is 91.0 Å². The highest BCUT2D eigenvalue weighted by atomic mass is 16.5. The van der Waals surface area contributed by atoms with Crippen molar-refractivity contribution in [2.75, 3.05) is 6.61 Å². The zero-order valence-corrected chi connectivity index (χ0v) is 12.8. The van der Waals surface area contributed by atoms with Crippen molar-refractivity contribution in [1.29, 1.82) is 0 Å². The molecule has 0 saturated heterocycles. The van der Waals surface area contributed by atoms with Gasteiger partial charge >= 0.3 is 0 Å². The van der Waals surface area contributed by atoms with E-state index in [0.29, 0.717) is 6.47 Å². The van der Waals surface area contributed by atoms with E-state index in [0.717, 1.165) is 16.7 Å². The topological polar surface area (TPSA) is 26.3 Å². The average Bonchev–Trinajstić information content (AvgIpc) is 2.65. The number of carbonyl (C=O) groups excluding carboxylic acids is 1. The number of hydrogen-bond donors (Lipinski definition) is 0. The largest absolute Gasteiger partial charge is 0.466 e. The normalized spacial score (nSPS) is 11.0. The van der Waals surface area contributed by atoms with Crippen molar-refractivity contribution in [3.63, 3.8) is 0 Å². The molecule has 0 unspecified atom stereocenters. The summed E-state index contributed by atoms with van der Waals surface area (Å²) >= 11 is 0. The second kappa shape index (κ2) is 6.93. The van der Waals surface area contributed by atoms with Gasteiger partial charge in [0.25, 0.3) is 6.47 Å². The molecule has 0 aliphatic heterocycles. The minimum absolute atomic E-state index is 0.258. The molecule has 0 fully saturated rings. The molecule has 3 aromatic rings. The monoisotopic (exact) mass is 302 g/mol. The Hall–Kier alpha value is -2.87. The van der Waals surface area contributed by atoms with E-state index < -0.39 is 5.41 Å². The minimum atomic E-state index is -0.523. The Bertz CT molecular complexity index is 640. The Morgan fingerprint density at radius 1 is 0.652 bits per heavy atom. The van der Waals surface area contributed by atoms with Crippen molar-refractivity contribution in [3.05, 3.63) is 108 Å². The summed E-state index contributed by atoms with van der Waals surface area (Å²) in [6, 6.07) is 30.5. The van der Waals surface area contributed by atoms with Crippen LogP contribution in [-0.4, -0.2) is 13.1 Å². The lowest BCUT2D eigenvalue weighted by Gasteiger charge is -2.34. The number of ether oxygens (including phenoxy) is 1. The third-order valence-electron chi connectivity index (χ3n) is 4.17. The van der Waals surface area contributed by atoms with Gasteiger partial charge in [0, 0.05) is 0 Å². The van der Waals surface area contributed by atoms with Gasteiger partial charge in [0.05, 0.1) is 5.41 Å². The fourth-order valence-corrected chi connectivity index (χ4v) is 3.08. The zero-order valence-electron chi connectivity index (χ0n) is 12.8. The van der Waals surface area contributed by atoms with Crippen molar-refractivity contribution < 1.29 is 9.53 Å². The molecule has 2 heteroatoms. The van der Waals surface area contributed by atoms with Gasteiger partial charge in [-0.2, -0.15) is 0 Å². The Morgan fingerprint density at radius 2 is 1.00 bits per heavy atom. The van der Waals surface area contributed by atoms with Crippen LogP contribution in [-0.2, 0) is 14.9 Å². The van der Waals surface area contributed by atoms with Gasteiger partial charge in [0.2, 0.25) is 0 Å². The average molecular weight is 302 g/mol. The molecule has 0 aromatic heterocycles. The Kier molecular flexibility index (Phi) is 4.53. The summed E-state index contributed by atoms with van der Waals surface area (Å²) in [6.07, 6.45) is 0. The maximum Gasteiger partial charge on any atom is 0.293 e. The highest BCUT2D eigenvalue weighted by molar-refractivity contribution is 5.51. The van der Waals surface area contributed by atoms with E-state index in [1.807, 2.05) is 54.6 Å². The summed E-state index contributed by atoms with van der Waals surface area (Å²) in [5.74, 6) is 0. The van der Waals surface area contributed by atoms with Gasteiger partial charge in [0.1, 0.15) is 6.61 Å². The number of carbonyl (C=O) groups is 1. The molecule has 3 rings (SSSR count). The first kappa shape index (κ1) is 15.0. The second-order valence-corrected chi connectivity index (χ2v) is 5.41. The highest BCUT2D eigenvalue weighted by Gasteiger charge is 2.37. The molecule has 0 amide bonds. The molecule has 0 spiro atoms.